The lowest BCUT2D eigenvalue weighted by Gasteiger charge is -2.29. The normalized spacial score (nSPS) is 16.3. The van der Waals surface area contributed by atoms with Crippen molar-refractivity contribution in [1.29, 1.82) is 0 Å². The van der Waals surface area contributed by atoms with Crippen molar-refractivity contribution in [3.05, 3.63) is 216 Å². The summed E-state index contributed by atoms with van der Waals surface area (Å²) in [6.07, 6.45) is 9.57. The SMILES string of the molecule is C=C1/C=C\C=C/Cc2ccc(-n3c4ccccc4c4ccc(-c5ccc6c7ccccc7n(-c7ccc8c(c7)C(C)(C)c7c-8ccc8sc9ccccc9c78)c6c5)cc43)cc2C1(C)C. The Labute approximate surface area is 377 Å². The van der Waals surface area contributed by atoms with E-state index in [0.29, 0.717) is 0 Å². The van der Waals surface area contributed by atoms with Crippen LogP contribution in [0.4, 0.5) is 0 Å². The highest BCUT2D eigenvalue weighted by Crippen LogP contribution is 2.54. The molecule has 0 saturated carbocycles. The molecule has 13 rings (SSSR count). The number of fused-ring (bicyclic) bond motifs is 14. The zero-order chi connectivity index (χ0) is 43.1. The molecule has 8 aromatic carbocycles. The van der Waals surface area contributed by atoms with Gasteiger partial charge >= 0.3 is 0 Å². The van der Waals surface area contributed by atoms with Crippen LogP contribution >= 0.6 is 11.3 Å². The van der Waals surface area contributed by atoms with E-state index in [2.05, 4.69) is 225 Å². The first kappa shape index (κ1) is 37.4. The quantitative estimate of drug-likeness (QED) is 0.168. The smallest absolute Gasteiger partial charge is 0.0547 e. The van der Waals surface area contributed by atoms with E-state index in [-0.39, 0.29) is 10.8 Å². The molecule has 0 aliphatic heterocycles. The number of rotatable bonds is 3. The van der Waals surface area contributed by atoms with Crippen molar-refractivity contribution in [1.82, 2.24) is 9.13 Å². The predicted molar refractivity (Wildman–Crippen MR) is 275 cm³/mol. The molecule has 11 aromatic rings. The van der Waals surface area contributed by atoms with E-state index >= 15 is 0 Å². The minimum absolute atomic E-state index is 0.171. The van der Waals surface area contributed by atoms with Crippen LogP contribution in [0.1, 0.15) is 49.9 Å². The standard InChI is InChI=1S/C61H46N2S/c1-37-15-7-6-8-16-38-23-26-41(35-50(38)60(37,2)3)62-52-20-12-9-17-44(52)46-28-24-39(33-54(46)62)40-25-29-47-45-18-10-13-21-53(45)63(55(47)34-40)42-27-30-43-48-31-32-57-58(49-19-11-14-22-56(49)64-57)59(48)61(4,5)51(43)36-42/h6-15,17-36H,1,16H2,2-5H3/b8-6-,15-7-. The average molecular weight is 839 g/mol. The number of aromatic nitrogens is 2. The lowest BCUT2D eigenvalue weighted by molar-refractivity contribution is 0.634. The second-order valence-electron chi connectivity index (χ2n) is 19.0. The minimum atomic E-state index is -0.227. The summed E-state index contributed by atoms with van der Waals surface area (Å²) in [4.78, 5) is 0. The highest BCUT2D eigenvalue weighted by Gasteiger charge is 2.38. The Morgan fingerprint density at radius 1 is 0.484 bits per heavy atom. The Hall–Kier alpha value is -7.20. The van der Waals surface area contributed by atoms with Crippen molar-refractivity contribution in [2.75, 3.05) is 0 Å². The van der Waals surface area contributed by atoms with Gasteiger partial charge in [0.2, 0.25) is 0 Å². The Morgan fingerprint density at radius 2 is 1.06 bits per heavy atom. The third kappa shape index (κ3) is 5.19. The number of thiophene rings is 1. The van der Waals surface area contributed by atoms with Gasteiger partial charge in [-0.2, -0.15) is 0 Å². The van der Waals surface area contributed by atoms with E-state index in [1.807, 2.05) is 11.3 Å². The van der Waals surface area contributed by atoms with Gasteiger partial charge in [-0.1, -0.05) is 156 Å². The van der Waals surface area contributed by atoms with Gasteiger partial charge < -0.3 is 9.13 Å². The van der Waals surface area contributed by atoms with Crippen molar-refractivity contribution in [2.45, 2.75) is 44.9 Å². The van der Waals surface area contributed by atoms with E-state index in [0.717, 1.165) is 12.0 Å². The van der Waals surface area contributed by atoms with Crippen LogP contribution in [-0.4, -0.2) is 9.13 Å². The van der Waals surface area contributed by atoms with Gasteiger partial charge in [-0.05, 0) is 117 Å². The molecule has 3 heterocycles. The fraction of sp³-hybridized carbons (Fsp3) is 0.115. The number of allylic oxidation sites excluding steroid dienone is 5. The lowest BCUT2D eigenvalue weighted by atomic mass is 9.75. The van der Waals surface area contributed by atoms with Crippen LogP contribution < -0.4 is 0 Å². The van der Waals surface area contributed by atoms with Gasteiger partial charge in [0.1, 0.15) is 0 Å². The molecule has 0 bridgehead atoms. The first-order valence-electron chi connectivity index (χ1n) is 22.5. The molecular weight excluding hydrogens is 793 g/mol. The Morgan fingerprint density at radius 3 is 1.75 bits per heavy atom. The summed E-state index contributed by atoms with van der Waals surface area (Å²) in [6, 6.07) is 59.7. The summed E-state index contributed by atoms with van der Waals surface area (Å²) in [5.41, 5.74) is 18.5. The molecule has 0 unspecified atom stereocenters. The van der Waals surface area contributed by atoms with Crippen LogP contribution in [-0.2, 0) is 17.3 Å². The maximum Gasteiger partial charge on any atom is 0.0547 e. The van der Waals surface area contributed by atoms with E-state index in [9.17, 15) is 0 Å². The third-order valence-electron chi connectivity index (χ3n) is 14.8. The van der Waals surface area contributed by atoms with Gasteiger partial charge in [-0.15, -0.1) is 11.3 Å². The molecule has 0 N–H and O–H groups in total. The Bertz CT molecular complexity index is 3890. The third-order valence-corrected chi connectivity index (χ3v) is 15.9. The molecule has 2 aliphatic rings. The van der Waals surface area contributed by atoms with Gasteiger partial charge in [-0.25, -0.2) is 0 Å². The molecule has 0 fully saturated rings. The fourth-order valence-electron chi connectivity index (χ4n) is 11.4. The zero-order valence-corrected chi connectivity index (χ0v) is 37.4. The topological polar surface area (TPSA) is 9.86 Å². The second kappa shape index (κ2) is 13.4. The van der Waals surface area contributed by atoms with E-state index < -0.39 is 0 Å². The van der Waals surface area contributed by atoms with Crippen LogP contribution in [0, 0.1) is 0 Å². The van der Waals surface area contributed by atoms with Crippen LogP contribution in [0.25, 0.3) is 97.4 Å². The van der Waals surface area contributed by atoms with Crippen molar-refractivity contribution >= 4 is 75.1 Å². The summed E-state index contributed by atoms with van der Waals surface area (Å²) in [7, 11) is 0. The number of nitrogens with zero attached hydrogens (tertiary/aromatic N) is 2. The molecule has 0 saturated heterocycles. The largest absolute Gasteiger partial charge is 0.309 e. The monoisotopic (exact) mass is 838 g/mol. The summed E-state index contributed by atoms with van der Waals surface area (Å²) < 4.78 is 7.69. The molecule has 64 heavy (non-hydrogen) atoms. The molecule has 3 aromatic heterocycles. The van der Waals surface area contributed by atoms with E-state index in [4.69, 9.17) is 0 Å². The van der Waals surface area contributed by atoms with Crippen molar-refractivity contribution in [2.24, 2.45) is 0 Å². The number of benzene rings is 8. The lowest BCUT2D eigenvalue weighted by Crippen LogP contribution is -2.21. The first-order valence-corrected chi connectivity index (χ1v) is 23.3. The molecule has 306 valence electrons. The summed E-state index contributed by atoms with van der Waals surface area (Å²) in [5, 5.41) is 7.81. The minimum Gasteiger partial charge on any atom is -0.309 e. The number of hydrogen-bond acceptors (Lipinski definition) is 1. The predicted octanol–water partition coefficient (Wildman–Crippen LogP) is 16.7. The average Bonchev–Trinajstić information content (AvgIpc) is 4.03. The molecule has 0 radical (unpaired) electrons. The number of hydrogen-bond donors (Lipinski definition) is 0. The zero-order valence-electron chi connectivity index (χ0n) is 36.5. The fourth-order valence-corrected chi connectivity index (χ4v) is 12.5. The Balaban J connectivity index is 0.982. The van der Waals surface area contributed by atoms with Gasteiger partial charge in [-0.3, -0.25) is 0 Å². The molecule has 3 heteroatoms. The molecule has 0 spiro atoms. The summed E-state index contributed by atoms with van der Waals surface area (Å²) in [6.45, 7) is 14.0. The second-order valence-corrected chi connectivity index (χ2v) is 20.1. The molecule has 2 nitrogen and oxygen atoms in total. The molecule has 0 atom stereocenters. The van der Waals surface area contributed by atoms with Gasteiger partial charge in [0.15, 0.2) is 0 Å². The maximum absolute atomic E-state index is 4.53. The van der Waals surface area contributed by atoms with Crippen molar-refractivity contribution in [3.8, 4) is 33.6 Å². The highest BCUT2D eigenvalue weighted by atomic mass is 32.1. The summed E-state index contributed by atoms with van der Waals surface area (Å²) >= 11 is 1.91. The highest BCUT2D eigenvalue weighted by molar-refractivity contribution is 7.25. The van der Waals surface area contributed by atoms with Gasteiger partial charge in [0.05, 0.1) is 22.1 Å². The van der Waals surface area contributed by atoms with Crippen LogP contribution in [0.3, 0.4) is 0 Å². The van der Waals surface area contributed by atoms with Crippen molar-refractivity contribution in [3.63, 3.8) is 0 Å². The molecular formula is C61H46N2S. The van der Waals surface area contributed by atoms with Crippen molar-refractivity contribution < 1.29 is 0 Å². The summed E-state index contributed by atoms with van der Waals surface area (Å²) in [5.74, 6) is 0. The van der Waals surface area contributed by atoms with Crippen LogP contribution in [0.15, 0.2) is 194 Å². The maximum atomic E-state index is 4.53. The molecule has 2 aliphatic carbocycles. The molecule has 0 amide bonds. The van der Waals surface area contributed by atoms with E-state index in [1.54, 1.807) is 0 Å². The van der Waals surface area contributed by atoms with Gasteiger partial charge in [0.25, 0.3) is 0 Å². The van der Waals surface area contributed by atoms with Crippen LogP contribution in [0.2, 0.25) is 0 Å². The van der Waals surface area contributed by atoms with Gasteiger partial charge in [0, 0.05) is 63.9 Å². The first-order chi connectivity index (χ1) is 31.2. The Kier molecular flexibility index (Phi) is 7.83. The number of para-hydroxylation sites is 2. The van der Waals surface area contributed by atoms with Crippen LogP contribution in [0.5, 0.6) is 0 Å². The van der Waals surface area contributed by atoms with E-state index in [1.165, 1.54) is 120 Å².